The summed E-state index contributed by atoms with van der Waals surface area (Å²) >= 11 is 0. The van der Waals surface area contributed by atoms with Gasteiger partial charge in [0.25, 0.3) is 5.56 Å². The van der Waals surface area contributed by atoms with Gasteiger partial charge < -0.3 is 14.2 Å². The van der Waals surface area contributed by atoms with Crippen molar-refractivity contribution >= 4 is 10.9 Å². The molecule has 9 nitrogen and oxygen atoms in total. The van der Waals surface area contributed by atoms with E-state index in [1.54, 1.807) is 41.1 Å². The van der Waals surface area contributed by atoms with Crippen LogP contribution in [0.4, 0.5) is 0 Å². The Morgan fingerprint density at radius 1 is 1.23 bits per heavy atom. The van der Waals surface area contributed by atoms with Crippen molar-refractivity contribution in [2.75, 3.05) is 26.9 Å². The van der Waals surface area contributed by atoms with Gasteiger partial charge in [0, 0.05) is 31.5 Å². The topological polar surface area (TPSA) is 108 Å². The first kappa shape index (κ1) is 20.6. The first-order valence-electron chi connectivity index (χ1n) is 9.98. The molecular weight excluding hydrogens is 400 g/mol. The number of benzene rings is 1. The molecule has 3 heterocycles. The van der Waals surface area contributed by atoms with Crippen molar-refractivity contribution in [2.45, 2.75) is 25.4 Å². The first-order valence-corrected chi connectivity index (χ1v) is 9.98. The predicted octanol–water partition coefficient (Wildman–Crippen LogP) is 1.87. The van der Waals surface area contributed by atoms with E-state index in [-0.39, 0.29) is 24.9 Å². The summed E-state index contributed by atoms with van der Waals surface area (Å²) in [5.74, 6) is 0.856. The maximum Gasteiger partial charge on any atom is 0.332 e. The lowest BCUT2D eigenvalue weighted by Gasteiger charge is -2.26. The normalized spacial score (nSPS) is 14.3. The Kier molecular flexibility index (Phi) is 6.00. The number of rotatable bonds is 6. The van der Waals surface area contributed by atoms with Crippen molar-refractivity contribution < 1.29 is 14.2 Å². The Bertz CT molecular complexity index is 1230. The van der Waals surface area contributed by atoms with Crippen LogP contribution >= 0.6 is 0 Å². The molecule has 3 aromatic rings. The van der Waals surface area contributed by atoms with Gasteiger partial charge in [0.05, 0.1) is 24.6 Å². The Balaban J connectivity index is 1.87. The maximum absolute atomic E-state index is 13.5. The second-order valence-corrected chi connectivity index (χ2v) is 7.22. The van der Waals surface area contributed by atoms with E-state index < -0.39 is 5.56 Å². The molecule has 4 rings (SSSR count). The van der Waals surface area contributed by atoms with Crippen molar-refractivity contribution in [3.05, 3.63) is 62.9 Å². The summed E-state index contributed by atoms with van der Waals surface area (Å²) in [4.78, 5) is 30.9. The van der Waals surface area contributed by atoms with Crippen LogP contribution in [0, 0.1) is 11.3 Å². The van der Waals surface area contributed by atoms with Crippen molar-refractivity contribution in [3.63, 3.8) is 0 Å². The quantitative estimate of drug-likeness (QED) is 0.597. The molecule has 1 aliphatic heterocycles. The van der Waals surface area contributed by atoms with E-state index in [0.29, 0.717) is 54.2 Å². The number of fused-ring (bicyclic) bond motifs is 1. The largest absolute Gasteiger partial charge is 0.481 e. The highest BCUT2D eigenvalue weighted by Crippen LogP contribution is 2.25. The van der Waals surface area contributed by atoms with Crippen LogP contribution in [0.3, 0.4) is 0 Å². The molecule has 31 heavy (non-hydrogen) atoms. The fourth-order valence-corrected chi connectivity index (χ4v) is 3.81. The average molecular weight is 422 g/mol. The fraction of sp³-hybridized carbons (Fsp3) is 0.364. The van der Waals surface area contributed by atoms with E-state index in [1.165, 1.54) is 11.7 Å². The fourth-order valence-electron chi connectivity index (χ4n) is 3.81. The van der Waals surface area contributed by atoms with Gasteiger partial charge in [0.1, 0.15) is 11.8 Å². The number of methoxy groups -OCH3 is 1. The molecule has 9 heteroatoms. The van der Waals surface area contributed by atoms with Crippen molar-refractivity contribution in [1.82, 2.24) is 14.1 Å². The average Bonchev–Trinajstić information content (AvgIpc) is 2.82. The second kappa shape index (κ2) is 9.02. The molecule has 1 fully saturated rings. The molecule has 1 saturated heterocycles. The van der Waals surface area contributed by atoms with Crippen molar-refractivity contribution in [1.29, 1.82) is 5.26 Å². The van der Waals surface area contributed by atoms with Crippen molar-refractivity contribution in [3.8, 4) is 17.7 Å². The highest BCUT2D eigenvalue weighted by Gasteiger charge is 2.22. The van der Waals surface area contributed by atoms with Gasteiger partial charge in [-0.05, 0) is 36.6 Å². The monoisotopic (exact) mass is 422 g/mol. The Morgan fingerprint density at radius 3 is 2.71 bits per heavy atom. The molecule has 0 amide bonds. The summed E-state index contributed by atoms with van der Waals surface area (Å²) in [6.45, 7) is 1.07. The van der Waals surface area contributed by atoms with Crippen LogP contribution in [-0.4, -0.2) is 41.0 Å². The number of hydrogen-bond acceptors (Lipinski definition) is 7. The predicted molar refractivity (Wildman–Crippen MR) is 113 cm³/mol. The van der Waals surface area contributed by atoms with Crippen LogP contribution in [0.1, 0.15) is 24.4 Å². The molecule has 0 aliphatic carbocycles. The van der Waals surface area contributed by atoms with Crippen LogP contribution in [0.5, 0.6) is 11.6 Å². The molecule has 0 spiro atoms. The van der Waals surface area contributed by atoms with E-state index in [2.05, 4.69) is 4.98 Å². The SMILES string of the molecule is COc1ccc(Cn2c(=O)c3cc(OCC#N)ccc3n(C3CCOCC3)c2=O)cn1. The molecular formula is C22H22N4O5. The van der Waals surface area contributed by atoms with Gasteiger partial charge in [-0.1, -0.05) is 6.07 Å². The summed E-state index contributed by atoms with van der Waals surface area (Å²) in [5, 5.41) is 9.14. The van der Waals surface area contributed by atoms with Crippen molar-refractivity contribution in [2.24, 2.45) is 0 Å². The molecule has 0 atom stereocenters. The number of nitrogens with zero attached hydrogens (tertiary/aromatic N) is 4. The lowest BCUT2D eigenvalue weighted by molar-refractivity contribution is 0.0691. The molecule has 0 unspecified atom stereocenters. The Morgan fingerprint density at radius 2 is 2.03 bits per heavy atom. The zero-order valence-electron chi connectivity index (χ0n) is 17.1. The number of ether oxygens (including phenoxy) is 3. The number of aromatic nitrogens is 3. The van der Waals surface area contributed by atoms with Gasteiger partial charge in [-0.15, -0.1) is 0 Å². The molecule has 1 aromatic carbocycles. The van der Waals surface area contributed by atoms with E-state index in [4.69, 9.17) is 19.5 Å². The third kappa shape index (κ3) is 4.15. The van der Waals surface area contributed by atoms with Crippen LogP contribution in [0.2, 0.25) is 0 Å². The van der Waals surface area contributed by atoms with Gasteiger partial charge in [0.15, 0.2) is 6.61 Å². The number of nitriles is 1. The summed E-state index contributed by atoms with van der Waals surface area (Å²) in [7, 11) is 1.52. The lowest BCUT2D eigenvalue weighted by Crippen LogP contribution is -2.42. The summed E-state index contributed by atoms with van der Waals surface area (Å²) < 4.78 is 18.8. The molecule has 0 N–H and O–H groups in total. The van der Waals surface area contributed by atoms with Crippen LogP contribution in [0.25, 0.3) is 10.9 Å². The summed E-state index contributed by atoms with van der Waals surface area (Å²) in [5.41, 5.74) is 0.470. The molecule has 160 valence electrons. The minimum absolute atomic E-state index is 0.0736. The van der Waals surface area contributed by atoms with Gasteiger partial charge >= 0.3 is 5.69 Å². The molecule has 2 aromatic heterocycles. The van der Waals surface area contributed by atoms with E-state index in [1.807, 2.05) is 6.07 Å². The zero-order chi connectivity index (χ0) is 21.8. The number of hydrogen-bond donors (Lipinski definition) is 0. The van der Waals surface area contributed by atoms with Crippen LogP contribution in [-0.2, 0) is 11.3 Å². The first-order chi connectivity index (χ1) is 15.1. The summed E-state index contributed by atoms with van der Waals surface area (Å²) in [6, 6.07) is 10.3. The second-order valence-electron chi connectivity index (χ2n) is 7.22. The maximum atomic E-state index is 13.5. The molecule has 0 saturated carbocycles. The zero-order valence-corrected chi connectivity index (χ0v) is 17.1. The lowest BCUT2D eigenvalue weighted by atomic mass is 10.1. The van der Waals surface area contributed by atoms with Gasteiger partial charge in [0.2, 0.25) is 5.88 Å². The van der Waals surface area contributed by atoms with E-state index in [9.17, 15) is 9.59 Å². The van der Waals surface area contributed by atoms with Crippen LogP contribution in [0.15, 0.2) is 46.1 Å². The minimum atomic E-state index is -0.415. The minimum Gasteiger partial charge on any atom is -0.481 e. The highest BCUT2D eigenvalue weighted by atomic mass is 16.5. The number of pyridine rings is 1. The van der Waals surface area contributed by atoms with Crippen LogP contribution < -0.4 is 20.7 Å². The third-order valence-corrected chi connectivity index (χ3v) is 5.35. The van der Waals surface area contributed by atoms with E-state index >= 15 is 0 Å². The Labute approximate surface area is 178 Å². The van der Waals surface area contributed by atoms with Gasteiger partial charge in [-0.3, -0.25) is 13.9 Å². The molecule has 1 aliphatic rings. The molecule has 0 radical (unpaired) electrons. The smallest absolute Gasteiger partial charge is 0.332 e. The standard InChI is InChI=1S/C22H22N4O5/c1-29-20-5-2-15(13-24-20)14-25-21(27)18-12-17(31-11-8-23)3-4-19(18)26(22(25)28)16-6-9-30-10-7-16/h2-5,12-13,16H,6-7,9-11,14H2,1H3. The highest BCUT2D eigenvalue weighted by molar-refractivity contribution is 5.80. The Hall–Kier alpha value is -3.64. The molecule has 0 bridgehead atoms. The summed E-state index contributed by atoms with van der Waals surface area (Å²) in [6.07, 6.45) is 2.95. The third-order valence-electron chi connectivity index (χ3n) is 5.35. The van der Waals surface area contributed by atoms with E-state index in [0.717, 1.165) is 0 Å². The van der Waals surface area contributed by atoms with Gasteiger partial charge in [-0.2, -0.15) is 5.26 Å². The van der Waals surface area contributed by atoms with Gasteiger partial charge in [-0.25, -0.2) is 9.78 Å².